The van der Waals surface area contributed by atoms with Crippen molar-refractivity contribution in [2.75, 3.05) is 18.5 Å². The highest BCUT2D eigenvalue weighted by atomic mass is 19.2. The first-order chi connectivity index (χ1) is 9.06. The van der Waals surface area contributed by atoms with Gasteiger partial charge in [0.25, 0.3) is 0 Å². The molecule has 1 N–H and O–H groups in total. The van der Waals surface area contributed by atoms with Crippen LogP contribution in [0.25, 0.3) is 0 Å². The lowest BCUT2D eigenvalue weighted by atomic mass is 10.2. The fraction of sp³-hybridized carbons (Fsp3) is 0.500. The molecule has 0 saturated heterocycles. The molecule has 1 rings (SSSR count). The lowest BCUT2D eigenvalue weighted by Gasteiger charge is -2.09. The smallest absolute Gasteiger partial charge is 0.183 e. The molecule has 0 radical (unpaired) electrons. The maximum absolute atomic E-state index is 13.5. The maximum atomic E-state index is 13.5. The second kappa shape index (κ2) is 7.70. The maximum Gasteiger partial charge on any atom is 0.183 e. The summed E-state index contributed by atoms with van der Waals surface area (Å²) in [6, 6.07) is 4.24. The van der Waals surface area contributed by atoms with E-state index < -0.39 is 11.6 Å². The number of ether oxygens (including phenoxy) is 1. The molecule has 0 fully saturated rings. The summed E-state index contributed by atoms with van der Waals surface area (Å²) in [6.07, 6.45) is 1.86. The van der Waals surface area contributed by atoms with Gasteiger partial charge in [0, 0.05) is 13.2 Å². The zero-order valence-electron chi connectivity index (χ0n) is 11.2. The Morgan fingerprint density at radius 2 is 2.00 bits per heavy atom. The predicted molar refractivity (Wildman–Crippen MR) is 69.9 cm³/mol. The van der Waals surface area contributed by atoms with Crippen LogP contribution in [0.5, 0.6) is 0 Å². The van der Waals surface area contributed by atoms with Gasteiger partial charge < -0.3 is 10.1 Å². The van der Waals surface area contributed by atoms with E-state index in [9.17, 15) is 8.78 Å². The molecule has 1 aromatic carbocycles. The molecule has 0 aromatic heterocycles. The molecule has 104 valence electrons. The summed E-state index contributed by atoms with van der Waals surface area (Å²) in [5.41, 5.74) is -0.199. The number of nitrogens with one attached hydrogen (secondary N) is 1. The van der Waals surface area contributed by atoms with Gasteiger partial charge in [-0.05, 0) is 38.8 Å². The van der Waals surface area contributed by atoms with E-state index in [2.05, 4.69) is 5.32 Å². The Morgan fingerprint density at radius 1 is 1.26 bits per heavy atom. The van der Waals surface area contributed by atoms with Crippen molar-refractivity contribution in [2.45, 2.75) is 32.8 Å². The minimum atomic E-state index is -1.10. The highest BCUT2D eigenvalue weighted by Crippen LogP contribution is 2.20. The molecule has 0 unspecified atom stereocenters. The Kier molecular flexibility index (Phi) is 6.23. The lowest BCUT2D eigenvalue weighted by Crippen LogP contribution is -2.08. The van der Waals surface area contributed by atoms with Gasteiger partial charge in [-0.2, -0.15) is 5.26 Å². The van der Waals surface area contributed by atoms with Crippen LogP contribution in [0.3, 0.4) is 0 Å². The van der Waals surface area contributed by atoms with E-state index in [0.717, 1.165) is 12.8 Å². The normalized spacial score (nSPS) is 10.5. The molecule has 19 heavy (non-hydrogen) atoms. The fourth-order valence-corrected chi connectivity index (χ4v) is 1.54. The van der Waals surface area contributed by atoms with Crippen LogP contribution in [0.2, 0.25) is 0 Å². The zero-order valence-corrected chi connectivity index (χ0v) is 11.2. The first-order valence-electron chi connectivity index (χ1n) is 6.29. The summed E-state index contributed by atoms with van der Waals surface area (Å²) in [5, 5.41) is 11.4. The molecule has 0 atom stereocenters. The number of unbranched alkanes of at least 4 members (excludes halogenated alkanes) is 1. The summed E-state index contributed by atoms with van der Waals surface area (Å²) >= 11 is 0. The Morgan fingerprint density at radius 3 is 2.63 bits per heavy atom. The number of nitriles is 1. The first-order valence-corrected chi connectivity index (χ1v) is 6.29. The van der Waals surface area contributed by atoms with Crippen LogP contribution in [0, 0.1) is 23.0 Å². The average molecular weight is 268 g/mol. The SMILES string of the molecule is CC(C)OCCCCNc1ccc(C#N)c(F)c1F. The number of rotatable bonds is 7. The van der Waals surface area contributed by atoms with Crippen LogP contribution >= 0.6 is 0 Å². The third-order valence-corrected chi connectivity index (χ3v) is 2.54. The van der Waals surface area contributed by atoms with E-state index in [1.165, 1.54) is 12.1 Å². The van der Waals surface area contributed by atoms with Crippen molar-refractivity contribution in [3.63, 3.8) is 0 Å². The minimum Gasteiger partial charge on any atom is -0.383 e. The van der Waals surface area contributed by atoms with E-state index in [4.69, 9.17) is 10.00 Å². The zero-order chi connectivity index (χ0) is 14.3. The molecule has 3 nitrogen and oxygen atoms in total. The molecule has 0 aliphatic carbocycles. The summed E-state index contributed by atoms with van der Waals surface area (Å²) in [5.74, 6) is -2.10. The quantitative estimate of drug-likeness (QED) is 0.770. The van der Waals surface area contributed by atoms with Crippen LogP contribution in [-0.2, 0) is 4.74 Å². The van der Waals surface area contributed by atoms with E-state index in [1.807, 2.05) is 13.8 Å². The van der Waals surface area contributed by atoms with E-state index in [0.29, 0.717) is 13.2 Å². The lowest BCUT2D eigenvalue weighted by molar-refractivity contribution is 0.0765. The second-order valence-corrected chi connectivity index (χ2v) is 4.45. The van der Waals surface area contributed by atoms with E-state index in [1.54, 1.807) is 6.07 Å². The van der Waals surface area contributed by atoms with Gasteiger partial charge in [-0.1, -0.05) is 0 Å². The van der Waals surface area contributed by atoms with Crippen molar-refractivity contribution in [3.05, 3.63) is 29.3 Å². The molecule has 5 heteroatoms. The fourth-order valence-electron chi connectivity index (χ4n) is 1.54. The van der Waals surface area contributed by atoms with Crippen molar-refractivity contribution in [1.82, 2.24) is 0 Å². The van der Waals surface area contributed by atoms with Crippen molar-refractivity contribution in [1.29, 1.82) is 5.26 Å². The standard InChI is InChI=1S/C14H18F2N2O/c1-10(2)19-8-4-3-7-18-12-6-5-11(9-17)13(15)14(12)16/h5-6,10,18H,3-4,7-8H2,1-2H3. The summed E-state index contributed by atoms with van der Waals surface area (Å²) < 4.78 is 32.2. The summed E-state index contributed by atoms with van der Waals surface area (Å²) in [7, 11) is 0. The van der Waals surface area contributed by atoms with Crippen molar-refractivity contribution >= 4 is 5.69 Å². The van der Waals surface area contributed by atoms with Gasteiger partial charge >= 0.3 is 0 Å². The Labute approximate surface area is 112 Å². The number of halogens is 2. The highest BCUT2D eigenvalue weighted by molar-refractivity contribution is 5.49. The molecule has 0 amide bonds. The molecular formula is C14H18F2N2O. The molecule has 0 spiro atoms. The van der Waals surface area contributed by atoms with Gasteiger partial charge in [-0.15, -0.1) is 0 Å². The molecular weight excluding hydrogens is 250 g/mol. The molecule has 0 aliphatic heterocycles. The number of hydrogen-bond donors (Lipinski definition) is 1. The molecule has 0 saturated carbocycles. The predicted octanol–water partition coefficient (Wildman–Crippen LogP) is 3.45. The average Bonchev–Trinajstić information content (AvgIpc) is 2.38. The highest BCUT2D eigenvalue weighted by Gasteiger charge is 2.12. The van der Waals surface area contributed by atoms with Crippen molar-refractivity contribution < 1.29 is 13.5 Å². The molecule has 0 aliphatic rings. The number of benzene rings is 1. The van der Waals surface area contributed by atoms with E-state index >= 15 is 0 Å². The summed E-state index contributed by atoms with van der Waals surface area (Å²) in [4.78, 5) is 0. The van der Waals surface area contributed by atoms with Crippen LogP contribution in [0.15, 0.2) is 12.1 Å². The molecule has 0 bridgehead atoms. The van der Waals surface area contributed by atoms with Crippen LogP contribution in [-0.4, -0.2) is 19.3 Å². The third-order valence-electron chi connectivity index (χ3n) is 2.54. The first kappa shape index (κ1) is 15.4. The topological polar surface area (TPSA) is 45.0 Å². The molecule has 0 heterocycles. The third kappa shape index (κ3) is 4.84. The monoisotopic (exact) mass is 268 g/mol. The van der Waals surface area contributed by atoms with Gasteiger partial charge in [-0.3, -0.25) is 0 Å². The van der Waals surface area contributed by atoms with Gasteiger partial charge in [0.15, 0.2) is 11.6 Å². The van der Waals surface area contributed by atoms with Gasteiger partial charge in [0.2, 0.25) is 0 Å². The number of anilines is 1. The summed E-state index contributed by atoms with van der Waals surface area (Å²) in [6.45, 7) is 5.12. The van der Waals surface area contributed by atoms with Crippen LogP contribution in [0.4, 0.5) is 14.5 Å². The number of nitrogens with zero attached hydrogens (tertiary/aromatic N) is 1. The number of hydrogen-bond acceptors (Lipinski definition) is 3. The second-order valence-electron chi connectivity index (χ2n) is 4.45. The largest absolute Gasteiger partial charge is 0.383 e. The Hall–Kier alpha value is -1.67. The van der Waals surface area contributed by atoms with Crippen molar-refractivity contribution in [2.24, 2.45) is 0 Å². The van der Waals surface area contributed by atoms with Gasteiger partial charge in [0.05, 0.1) is 17.4 Å². The van der Waals surface area contributed by atoms with Crippen LogP contribution in [0.1, 0.15) is 32.3 Å². The minimum absolute atomic E-state index is 0.0845. The van der Waals surface area contributed by atoms with Crippen LogP contribution < -0.4 is 5.32 Å². The van der Waals surface area contributed by atoms with Gasteiger partial charge in [0.1, 0.15) is 6.07 Å². The Bertz CT molecular complexity index is 455. The molecule has 1 aromatic rings. The van der Waals surface area contributed by atoms with Crippen molar-refractivity contribution in [3.8, 4) is 6.07 Å². The Balaban J connectivity index is 2.38. The van der Waals surface area contributed by atoms with Gasteiger partial charge in [-0.25, -0.2) is 8.78 Å². The van der Waals surface area contributed by atoms with E-state index in [-0.39, 0.29) is 17.4 Å².